The third-order valence-corrected chi connectivity index (χ3v) is 5.85. The van der Waals surface area contributed by atoms with Gasteiger partial charge in [-0.05, 0) is 11.1 Å². The lowest BCUT2D eigenvalue weighted by molar-refractivity contribution is 0.0704. The number of carbonyl (C=O) groups excluding carboxylic acids is 2. The summed E-state index contributed by atoms with van der Waals surface area (Å²) in [7, 11) is 0. The van der Waals surface area contributed by atoms with Crippen LogP contribution in [0.25, 0.3) is 0 Å². The molecule has 5 rings (SSSR count). The van der Waals surface area contributed by atoms with E-state index in [2.05, 4.69) is 10.2 Å². The Hall–Kier alpha value is -3.40. The van der Waals surface area contributed by atoms with Crippen molar-refractivity contribution in [3.63, 3.8) is 0 Å². The number of Topliss-reactive ketones (excluding diaryl/α,β-unsaturated/α-hetero) is 2. The fraction of sp³-hybridized carbons (Fsp3) is 0.167. The maximum atomic E-state index is 13.8. The average Bonchev–Trinajstić information content (AvgIpc) is 3.20. The number of rotatable bonds is 3. The van der Waals surface area contributed by atoms with E-state index in [0.29, 0.717) is 11.1 Å². The Kier molecular flexibility index (Phi) is 3.79. The molecule has 0 radical (unpaired) electrons. The van der Waals surface area contributed by atoms with Crippen molar-refractivity contribution in [3.8, 4) is 0 Å². The molecule has 1 aliphatic heterocycles. The maximum absolute atomic E-state index is 13.8. The Balaban J connectivity index is 1.79. The molecule has 0 saturated heterocycles. The standard InChI is InChI=1S/C24H18N2O2/c27-22-18-13-7-8-14-19(18)23(28)24(20(22)15-25-26-24)21(16-9-3-1-4-10-16)17-11-5-2-6-12-17/h1-14,20-21H,15H2/t20?,24-/m1/s1. The summed E-state index contributed by atoms with van der Waals surface area (Å²) >= 11 is 0. The van der Waals surface area contributed by atoms with Crippen molar-refractivity contribution in [1.29, 1.82) is 0 Å². The second kappa shape index (κ2) is 6.34. The molecule has 1 heterocycles. The van der Waals surface area contributed by atoms with E-state index in [0.717, 1.165) is 11.1 Å². The highest BCUT2D eigenvalue weighted by Gasteiger charge is 2.61. The zero-order chi connectivity index (χ0) is 19.1. The van der Waals surface area contributed by atoms with Gasteiger partial charge in [-0.1, -0.05) is 84.9 Å². The summed E-state index contributed by atoms with van der Waals surface area (Å²) in [5, 5.41) is 8.77. The molecule has 0 amide bonds. The minimum absolute atomic E-state index is 0.0444. The maximum Gasteiger partial charge on any atom is 0.194 e. The largest absolute Gasteiger partial charge is 0.294 e. The predicted octanol–water partition coefficient (Wildman–Crippen LogP) is 4.72. The van der Waals surface area contributed by atoms with Gasteiger partial charge < -0.3 is 0 Å². The van der Waals surface area contributed by atoms with Crippen LogP contribution in [-0.2, 0) is 0 Å². The quantitative estimate of drug-likeness (QED) is 0.673. The number of hydrogen-bond acceptors (Lipinski definition) is 4. The van der Waals surface area contributed by atoms with E-state index in [1.165, 1.54) is 0 Å². The zero-order valence-electron chi connectivity index (χ0n) is 15.2. The Morgan fingerprint density at radius 3 is 1.89 bits per heavy atom. The number of azo groups is 1. The highest BCUT2D eigenvalue weighted by Crippen LogP contribution is 2.51. The fourth-order valence-electron chi connectivity index (χ4n) is 4.62. The molecular formula is C24H18N2O2. The van der Waals surface area contributed by atoms with E-state index < -0.39 is 11.5 Å². The molecule has 4 heteroatoms. The Bertz CT molecular complexity index is 1050. The monoisotopic (exact) mass is 366 g/mol. The number of nitrogens with zero attached hydrogens (tertiary/aromatic N) is 2. The summed E-state index contributed by atoms with van der Waals surface area (Å²) in [5.74, 6) is -1.13. The van der Waals surface area contributed by atoms with Crippen molar-refractivity contribution >= 4 is 11.6 Å². The molecule has 1 aliphatic carbocycles. The van der Waals surface area contributed by atoms with Gasteiger partial charge in [0.25, 0.3) is 0 Å². The summed E-state index contributed by atoms with van der Waals surface area (Å²) < 4.78 is 0. The van der Waals surface area contributed by atoms with E-state index in [1.807, 2.05) is 60.7 Å². The molecule has 3 aromatic rings. The Morgan fingerprint density at radius 1 is 0.750 bits per heavy atom. The van der Waals surface area contributed by atoms with Crippen LogP contribution < -0.4 is 0 Å². The first kappa shape index (κ1) is 16.8. The van der Waals surface area contributed by atoms with E-state index in [1.54, 1.807) is 24.3 Å². The molecule has 0 spiro atoms. The second-order valence-electron chi connectivity index (χ2n) is 7.30. The molecule has 1 unspecified atom stereocenters. The topological polar surface area (TPSA) is 58.9 Å². The highest BCUT2D eigenvalue weighted by molar-refractivity contribution is 6.20. The molecule has 0 fully saturated rings. The van der Waals surface area contributed by atoms with Crippen LogP contribution in [0.1, 0.15) is 37.8 Å². The van der Waals surface area contributed by atoms with E-state index in [-0.39, 0.29) is 24.0 Å². The zero-order valence-corrected chi connectivity index (χ0v) is 15.2. The van der Waals surface area contributed by atoms with Gasteiger partial charge in [0.2, 0.25) is 0 Å². The van der Waals surface area contributed by atoms with Crippen LogP contribution in [-0.4, -0.2) is 23.7 Å². The minimum Gasteiger partial charge on any atom is -0.294 e. The number of carbonyl (C=O) groups is 2. The lowest BCUT2D eigenvalue weighted by atomic mass is 9.60. The Labute approximate surface area is 162 Å². The summed E-state index contributed by atoms with van der Waals surface area (Å²) in [4.78, 5) is 27.2. The predicted molar refractivity (Wildman–Crippen MR) is 106 cm³/mol. The molecule has 2 aliphatic rings. The van der Waals surface area contributed by atoms with Crippen LogP contribution in [0.15, 0.2) is 95.2 Å². The highest BCUT2D eigenvalue weighted by atomic mass is 16.1. The van der Waals surface area contributed by atoms with Gasteiger partial charge in [0.1, 0.15) is 0 Å². The van der Waals surface area contributed by atoms with Gasteiger partial charge in [-0.15, -0.1) is 0 Å². The summed E-state index contributed by atoms with van der Waals surface area (Å²) in [6, 6.07) is 26.7. The molecule has 0 bridgehead atoms. The van der Waals surface area contributed by atoms with Crippen LogP contribution in [0.2, 0.25) is 0 Å². The van der Waals surface area contributed by atoms with Crippen LogP contribution in [0.3, 0.4) is 0 Å². The van der Waals surface area contributed by atoms with E-state index in [9.17, 15) is 9.59 Å². The molecule has 2 atom stereocenters. The van der Waals surface area contributed by atoms with Gasteiger partial charge in [0, 0.05) is 17.0 Å². The molecule has 3 aromatic carbocycles. The van der Waals surface area contributed by atoms with Crippen LogP contribution in [0.5, 0.6) is 0 Å². The number of hydrogen-bond donors (Lipinski definition) is 0. The third-order valence-electron chi connectivity index (χ3n) is 5.85. The first-order chi connectivity index (χ1) is 13.7. The Morgan fingerprint density at radius 2 is 1.29 bits per heavy atom. The summed E-state index contributed by atoms with van der Waals surface area (Å²) in [6.45, 7) is 0.245. The van der Waals surface area contributed by atoms with Crippen LogP contribution in [0.4, 0.5) is 0 Å². The molecule has 136 valence electrons. The molecule has 4 nitrogen and oxygen atoms in total. The van der Waals surface area contributed by atoms with Crippen LogP contribution >= 0.6 is 0 Å². The summed E-state index contributed by atoms with van der Waals surface area (Å²) in [6.07, 6.45) is 0. The fourth-order valence-corrected chi connectivity index (χ4v) is 4.62. The molecule has 0 N–H and O–H groups in total. The van der Waals surface area contributed by atoms with E-state index in [4.69, 9.17) is 0 Å². The SMILES string of the molecule is O=C1c2ccccc2C(=O)[C@@]2(C(c3ccccc3)c3ccccc3)N=NCC12. The van der Waals surface area contributed by atoms with Crippen molar-refractivity contribution in [2.24, 2.45) is 16.1 Å². The minimum atomic E-state index is -1.24. The van der Waals surface area contributed by atoms with Crippen molar-refractivity contribution in [1.82, 2.24) is 0 Å². The van der Waals surface area contributed by atoms with Gasteiger partial charge in [-0.3, -0.25) is 9.59 Å². The average molecular weight is 366 g/mol. The van der Waals surface area contributed by atoms with Crippen LogP contribution in [0, 0.1) is 5.92 Å². The van der Waals surface area contributed by atoms with E-state index >= 15 is 0 Å². The molecule has 28 heavy (non-hydrogen) atoms. The normalized spacial score (nSPS) is 23.0. The lowest BCUT2D eigenvalue weighted by Crippen LogP contribution is -2.54. The van der Waals surface area contributed by atoms with Gasteiger partial charge >= 0.3 is 0 Å². The van der Waals surface area contributed by atoms with Gasteiger partial charge in [-0.2, -0.15) is 10.2 Å². The number of fused-ring (bicyclic) bond motifs is 2. The second-order valence-corrected chi connectivity index (χ2v) is 7.30. The molecule has 0 saturated carbocycles. The smallest absolute Gasteiger partial charge is 0.194 e. The van der Waals surface area contributed by atoms with Gasteiger partial charge in [-0.25, -0.2) is 0 Å². The molecule has 0 aromatic heterocycles. The van der Waals surface area contributed by atoms with Gasteiger partial charge in [0.05, 0.1) is 12.5 Å². The lowest BCUT2D eigenvalue weighted by Gasteiger charge is -2.40. The molecular weight excluding hydrogens is 348 g/mol. The van der Waals surface area contributed by atoms with Crippen molar-refractivity contribution in [3.05, 3.63) is 107 Å². The number of ketones is 2. The van der Waals surface area contributed by atoms with Crippen molar-refractivity contribution < 1.29 is 9.59 Å². The summed E-state index contributed by atoms with van der Waals surface area (Å²) in [5.41, 5.74) is 1.61. The first-order valence-corrected chi connectivity index (χ1v) is 9.40. The number of benzene rings is 3. The first-order valence-electron chi connectivity index (χ1n) is 9.40. The third kappa shape index (κ3) is 2.24. The van der Waals surface area contributed by atoms with Crippen molar-refractivity contribution in [2.45, 2.75) is 11.5 Å². The van der Waals surface area contributed by atoms with Crippen molar-refractivity contribution in [2.75, 3.05) is 6.54 Å². The van der Waals surface area contributed by atoms with Gasteiger partial charge in [0.15, 0.2) is 17.1 Å².